The molecule has 0 aliphatic carbocycles. The van der Waals surface area contributed by atoms with Gasteiger partial charge in [-0.1, -0.05) is 26.2 Å². The summed E-state index contributed by atoms with van der Waals surface area (Å²) in [6.45, 7) is 2.89. The van der Waals surface area contributed by atoms with Crippen LogP contribution in [-0.4, -0.2) is 25.0 Å². The number of rotatable bonds is 9. The van der Waals surface area contributed by atoms with Crippen LogP contribution in [0, 0.1) is 0 Å². The maximum Gasteiger partial charge on any atom is 0.184 e. The van der Waals surface area contributed by atoms with Crippen LogP contribution in [0.5, 0.6) is 11.5 Å². The summed E-state index contributed by atoms with van der Waals surface area (Å²) in [7, 11) is 1.62. The topological polar surface area (TPSA) is 68.9 Å². The Morgan fingerprint density at radius 3 is 2.81 bits per heavy atom. The minimum atomic E-state index is 0.130. The summed E-state index contributed by atoms with van der Waals surface area (Å²) in [6.07, 6.45) is 6.32. The molecule has 1 aromatic rings. The minimum Gasteiger partial charge on any atom is -0.493 e. The van der Waals surface area contributed by atoms with Gasteiger partial charge in [0.05, 0.1) is 19.9 Å². The Morgan fingerprint density at radius 2 is 2.14 bits per heavy atom. The summed E-state index contributed by atoms with van der Waals surface area (Å²) in [4.78, 5) is 0. The van der Waals surface area contributed by atoms with Crippen LogP contribution in [0.3, 0.4) is 0 Å². The summed E-state index contributed by atoms with van der Waals surface area (Å²) >= 11 is 4.67. The van der Waals surface area contributed by atoms with Crippen molar-refractivity contribution in [2.24, 2.45) is 10.8 Å². The standard InChI is InChI=1S/C15H23N3O2S/c1-3-4-5-6-9-20-13-8-7-12(10-14(13)19-2)11-17-18-15(16)21/h7-8,10-11H,3-6,9H2,1-2H3,(H3,16,18,21). The van der Waals surface area contributed by atoms with E-state index in [1.807, 2.05) is 18.2 Å². The predicted molar refractivity (Wildman–Crippen MR) is 90.1 cm³/mol. The van der Waals surface area contributed by atoms with Crippen LogP contribution in [0.2, 0.25) is 0 Å². The molecule has 0 spiro atoms. The third kappa shape index (κ3) is 6.94. The summed E-state index contributed by atoms with van der Waals surface area (Å²) in [5.74, 6) is 1.43. The van der Waals surface area contributed by atoms with Gasteiger partial charge in [0.2, 0.25) is 0 Å². The lowest BCUT2D eigenvalue weighted by Gasteiger charge is -2.11. The normalized spacial score (nSPS) is 10.6. The molecule has 0 bridgehead atoms. The van der Waals surface area contributed by atoms with E-state index in [0.29, 0.717) is 12.4 Å². The van der Waals surface area contributed by atoms with E-state index >= 15 is 0 Å². The van der Waals surface area contributed by atoms with Gasteiger partial charge in [-0.15, -0.1) is 0 Å². The average molecular weight is 309 g/mol. The molecule has 21 heavy (non-hydrogen) atoms. The number of hydrogen-bond acceptors (Lipinski definition) is 4. The van der Waals surface area contributed by atoms with Crippen molar-refractivity contribution >= 4 is 23.5 Å². The van der Waals surface area contributed by atoms with Crippen LogP contribution in [0.4, 0.5) is 0 Å². The van der Waals surface area contributed by atoms with Gasteiger partial charge in [0.15, 0.2) is 16.6 Å². The number of nitrogens with zero attached hydrogens (tertiary/aromatic N) is 1. The largest absolute Gasteiger partial charge is 0.493 e. The number of thiocarbonyl (C=S) groups is 1. The third-order valence-corrected chi connectivity index (χ3v) is 2.92. The first-order valence-electron chi connectivity index (χ1n) is 7.06. The molecule has 0 saturated carbocycles. The highest BCUT2D eigenvalue weighted by Gasteiger charge is 2.04. The highest BCUT2D eigenvalue weighted by Crippen LogP contribution is 2.27. The Labute approximate surface area is 131 Å². The second kappa shape index (κ2) is 9.99. The van der Waals surface area contributed by atoms with Crippen LogP contribution in [0.15, 0.2) is 23.3 Å². The van der Waals surface area contributed by atoms with Crippen molar-refractivity contribution in [3.8, 4) is 11.5 Å². The van der Waals surface area contributed by atoms with Crippen molar-refractivity contribution in [2.45, 2.75) is 32.6 Å². The van der Waals surface area contributed by atoms with Gasteiger partial charge in [-0.25, -0.2) is 0 Å². The molecule has 5 nitrogen and oxygen atoms in total. The minimum absolute atomic E-state index is 0.130. The van der Waals surface area contributed by atoms with Gasteiger partial charge in [-0.3, -0.25) is 5.43 Å². The molecule has 0 saturated heterocycles. The van der Waals surface area contributed by atoms with Gasteiger partial charge in [-0.2, -0.15) is 5.10 Å². The number of benzene rings is 1. The first kappa shape index (κ1) is 17.2. The fraction of sp³-hybridized carbons (Fsp3) is 0.467. The third-order valence-electron chi connectivity index (χ3n) is 2.83. The van der Waals surface area contributed by atoms with Crippen molar-refractivity contribution in [3.05, 3.63) is 23.8 Å². The molecule has 0 heterocycles. The predicted octanol–water partition coefficient (Wildman–Crippen LogP) is 2.82. The van der Waals surface area contributed by atoms with Crippen LogP contribution >= 0.6 is 12.2 Å². The molecule has 1 aromatic carbocycles. The molecule has 0 amide bonds. The van der Waals surface area contributed by atoms with E-state index in [4.69, 9.17) is 15.2 Å². The highest BCUT2D eigenvalue weighted by atomic mass is 32.1. The number of hydrazone groups is 1. The molecule has 0 radical (unpaired) electrons. The Morgan fingerprint density at radius 1 is 1.33 bits per heavy atom. The molecule has 6 heteroatoms. The fourth-order valence-electron chi connectivity index (χ4n) is 1.77. The van der Waals surface area contributed by atoms with Crippen molar-refractivity contribution in [1.82, 2.24) is 5.43 Å². The van der Waals surface area contributed by atoms with Gasteiger partial charge >= 0.3 is 0 Å². The lowest BCUT2D eigenvalue weighted by Crippen LogP contribution is -2.23. The fourth-order valence-corrected chi connectivity index (χ4v) is 1.82. The van der Waals surface area contributed by atoms with Gasteiger partial charge in [0.25, 0.3) is 0 Å². The smallest absolute Gasteiger partial charge is 0.184 e. The number of ether oxygens (including phenoxy) is 2. The zero-order valence-electron chi connectivity index (χ0n) is 12.6. The molecule has 116 valence electrons. The summed E-state index contributed by atoms with van der Waals surface area (Å²) < 4.78 is 11.1. The summed E-state index contributed by atoms with van der Waals surface area (Å²) in [5.41, 5.74) is 8.66. The number of unbranched alkanes of at least 4 members (excludes halogenated alkanes) is 3. The maximum absolute atomic E-state index is 5.75. The molecule has 0 aliphatic heterocycles. The summed E-state index contributed by atoms with van der Waals surface area (Å²) in [5, 5.41) is 4.03. The molecule has 0 unspecified atom stereocenters. The second-order valence-electron chi connectivity index (χ2n) is 4.55. The van der Waals surface area contributed by atoms with Gasteiger partial charge in [0.1, 0.15) is 0 Å². The molecular weight excluding hydrogens is 286 g/mol. The van der Waals surface area contributed by atoms with Crippen molar-refractivity contribution in [3.63, 3.8) is 0 Å². The van der Waals surface area contributed by atoms with E-state index in [1.165, 1.54) is 19.3 Å². The van der Waals surface area contributed by atoms with Crippen LogP contribution < -0.4 is 20.6 Å². The molecule has 0 atom stereocenters. The lowest BCUT2D eigenvalue weighted by molar-refractivity contribution is 0.285. The van der Waals surface area contributed by atoms with E-state index in [9.17, 15) is 0 Å². The average Bonchev–Trinajstić information content (AvgIpc) is 2.47. The van der Waals surface area contributed by atoms with E-state index < -0.39 is 0 Å². The van der Waals surface area contributed by atoms with Gasteiger partial charge in [0, 0.05) is 0 Å². The molecule has 1 rings (SSSR count). The van der Waals surface area contributed by atoms with Crippen molar-refractivity contribution < 1.29 is 9.47 Å². The lowest BCUT2D eigenvalue weighted by atomic mass is 10.2. The van der Waals surface area contributed by atoms with E-state index in [2.05, 4.69) is 29.7 Å². The van der Waals surface area contributed by atoms with Gasteiger partial charge < -0.3 is 15.2 Å². The first-order valence-corrected chi connectivity index (χ1v) is 7.47. The molecule has 3 N–H and O–H groups in total. The molecule has 0 aliphatic rings. The number of nitrogens with two attached hydrogens (primary N) is 1. The zero-order valence-corrected chi connectivity index (χ0v) is 13.4. The van der Waals surface area contributed by atoms with Crippen LogP contribution in [0.1, 0.15) is 38.2 Å². The second-order valence-corrected chi connectivity index (χ2v) is 4.99. The Bertz CT molecular complexity index is 478. The van der Waals surface area contributed by atoms with Crippen LogP contribution in [-0.2, 0) is 0 Å². The van der Waals surface area contributed by atoms with Crippen LogP contribution in [0.25, 0.3) is 0 Å². The van der Waals surface area contributed by atoms with E-state index in [1.54, 1.807) is 13.3 Å². The Hall–Kier alpha value is -1.82. The number of hydrogen-bond donors (Lipinski definition) is 2. The number of nitrogens with one attached hydrogen (secondary N) is 1. The Balaban J connectivity index is 2.57. The van der Waals surface area contributed by atoms with Crippen molar-refractivity contribution in [2.75, 3.05) is 13.7 Å². The van der Waals surface area contributed by atoms with Gasteiger partial charge in [-0.05, 0) is 42.4 Å². The maximum atomic E-state index is 5.75. The first-order chi connectivity index (χ1) is 10.2. The quantitative estimate of drug-likeness (QED) is 0.318. The SMILES string of the molecule is CCCCCCOc1ccc(C=NNC(N)=S)cc1OC. The Kier molecular flexibility index (Phi) is 8.19. The number of methoxy groups -OCH3 is 1. The molecule has 0 aromatic heterocycles. The highest BCUT2D eigenvalue weighted by molar-refractivity contribution is 7.80. The molecule has 0 fully saturated rings. The van der Waals surface area contributed by atoms with Crippen molar-refractivity contribution in [1.29, 1.82) is 0 Å². The monoisotopic (exact) mass is 309 g/mol. The summed E-state index contributed by atoms with van der Waals surface area (Å²) in [6, 6.07) is 5.63. The van der Waals surface area contributed by atoms with E-state index in [0.717, 1.165) is 17.7 Å². The zero-order chi connectivity index (χ0) is 15.5. The van der Waals surface area contributed by atoms with E-state index in [-0.39, 0.29) is 5.11 Å². The molecular formula is C15H23N3O2S.